The first-order chi connectivity index (χ1) is 16.5. The Morgan fingerprint density at radius 1 is 1.09 bits per heavy atom. The lowest BCUT2D eigenvalue weighted by atomic mass is 10.1. The van der Waals surface area contributed by atoms with Crippen molar-refractivity contribution in [3.05, 3.63) is 53.9 Å². The minimum atomic E-state index is -0.391. The van der Waals surface area contributed by atoms with Gasteiger partial charge in [0.25, 0.3) is 0 Å². The van der Waals surface area contributed by atoms with E-state index >= 15 is 0 Å². The molecule has 1 aromatic heterocycles. The van der Waals surface area contributed by atoms with Gasteiger partial charge in [0.2, 0.25) is 11.8 Å². The van der Waals surface area contributed by atoms with Crippen molar-refractivity contribution < 1.29 is 23.8 Å². The zero-order valence-corrected chi connectivity index (χ0v) is 19.7. The Balaban J connectivity index is 1.51. The number of aromatic nitrogens is 2. The molecule has 0 aliphatic carbocycles. The van der Waals surface area contributed by atoms with Gasteiger partial charge >= 0.3 is 0 Å². The third-order valence-electron chi connectivity index (χ3n) is 5.92. The summed E-state index contributed by atoms with van der Waals surface area (Å²) in [6.07, 6.45) is 0.178. The van der Waals surface area contributed by atoms with Crippen molar-refractivity contribution in [1.82, 2.24) is 19.8 Å². The molecule has 4 rings (SSSR count). The second-order valence-electron chi connectivity index (χ2n) is 8.19. The van der Waals surface area contributed by atoms with Crippen LogP contribution in [-0.4, -0.2) is 66.8 Å². The average Bonchev–Trinajstić information content (AvgIpc) is 3.22. The van der Waals surface area contributed by atoms with Crippen LogP contribution in [0.5, 0.6) is 11.5 Å². The molecule has 2 aromatic carbocycles. The maximum absolute atomic E-state index is 13.0. The Hall–Kier alpha value is -3.59. The Bertz CT molecular complexity index is 1170. The summed E-state index contributed by atoms with van der Waals surface area (Å²) < 4.78 is 17.9. The fourth-order valence-electron chi connectivity index (χ4n) is 4.17. The quantitative estimate of drug-likeness (QED) is 0.548. The maximum atomic E-state index is 13.0. The summed E-state index contributed by atoms with van der Waals surface area (Å²) in [4.78, 5) is 32.4. The van der Waals surface area contributed by atoms with Crippen molar-refractivity contribution in [3.8, 4) is 11.5 Å². The van der Waals surface area contributed by atoms with Gasteiger partial charge in [0, 0.05) is 13.1 Å². The summed E-state index contributed by atoms with van der Waals surface area (Å²) in [7, 11) is 3.13. The summed E-state index contributed by atoms with van der Waals surface area (Å²) >= 11 is 0. The SMILES string of the molecule is COc1ccc(CC(=O)NC(C)c2nc3ccccc3n2CC(=O)N2CCOCC2)cc1OC. The van der Waals surface area contributed by atoms with E-state index in [0.717, 1.165) is 16.6 Å². The number of rotatable bonds is 8. The number of nitrogens with zero attached hydrogens (tertiary/aromatic N) is 3. The lowest BCUT2D eigenvalue weighted by molar-refractivity contribution is -0.135. The molecule has 180 valence electrons. The van der Waals surface area contributed by atoms with E-state index in [1.807, 2.05) is 46.7 Å². The van der Waals surface area contributed by atoms with E-state index in [1.54, 1.807) is 26.4 Å². The average molecular weight is 467 g/mol. The van der Waals surface area contributed by atoms with Gasteiger partial charge in [-0.25, -0.2) is 4.98 Å². The standard InChI is InChI=1S/C25H30N4O5/c1-17(26-23(30)15-18-8-9-21(32-2)22(14-18)33-3)25-27-19-6-4-5-7-20(19)29(25)16-24(31)28-10-12-34-13-11-28/h4-9,14,17H,10-13,15-16H2,1-3H3,(H,26,30). The van der Waals surface area contributed by atoms with Gasteiger partial charge in [-0.2, -0.15) is 0 Å². The summed E-state index contributed by atoms with van der Waals surface area (Å²) in [5.41, 5.74) is 2.45. The number of benzene rings is 2. The molecule has 1 fully saturated rings. The van der Waals surface area contributed by atoms with E-state index < -0.39 is 6.04 Å². The zero-order chi connectivity index (χ0) is 24.1. The molecule has 1 saturated heterocycles. The Kier molecular flexibility index (Phi) is 7.32. The molecule has 0 radical (unpaired) electrons. The van der Waals surface area contributed by atoms with Gasteiger partial charge in [0.1, 0.15) is 12.4 Å². The van der Waals surface area contributed by atoms with E-state index in [-0.39, 0.29) is 24.8 Å². The number of carbonyl (C=O) groups is 2. The van der Waals surface area contributed by atoms with Crippen molar-refractivity contribution in [2.75, 3.05) is 40.5 Å². The van der Waals surface area contributed by atoms with Crippen LogP contribution in [0.2, 0.25) is 0 Å². The number of methoxy groups -OCH3 is 2. The largest absolute Gasteiger partial charge is 0.493 e. The van der Waals surface area contributed by atoms with Crippen LogP contribution in [0.15, 0.2) is 42.5 Å². The first-order valence-electron chi connectivity index (χ1n) is 11.3. The first-order valence-corrected chi connectivity index (χ1v) is 11.3. The molecular weight excluding hydrogens is 436 g/mol. The Morgan fingerprint density at radius 2 is 1.82 bits per heavy atom. The van der Waals surface area contributed by atoms with Crippen LogP contribution in [0.1, 0.15) is 24.4 Å². The van der Waals surface area contributed by atoms with Crippen LogP contribution in [0.25, 0.3) is 11.0 Å². The fourth-order valence-corrected chi connectivity index (χ4v) is 4.17. The maximum Gasteiger partial charge on any atom is 0.242 e. The molecule has 1 aliphatic heterocycles. The van der Waals surface area contributed by atoms with E-state index in [4.69, 9.17) is 19.2 Å². The Labute approximate surface area is 198 Å². The molecule has 2 amide bonds. The minimum Gasteiger partial charge on any atom is -0.493 e. The molecule has 2 heterocycles. The van der Waals surface area contributed by atoms with E-state index in [9.17, 15) is 9.59 Å². The van der Waals surface area contributed by atoms with Crippen molar-refractivity contribution in [2.24, 2.45) is 0 Å². The highest BCUT2D eigenvalue weighted by atomic mass is 16.5. The van der Waals surface area contributed by atoms with Crippen LogP contribution >= 0.6 is 0 Å². The molecule has 34 heavy (non-hydrogen) atoms. The van der Waals surface area contributed by atoms with Crippen LogP contribution < -0.4 is 14.8 Å². The topological polar surface area (TPSA) is 94.9 Å². The summed E-state index contributed by atoms with van der Waals surface area (Å²) in [6.45, 7) is 4.30. The molecule has 3 aromatic rings. The van der Waals surface area contributed by atoms with Gasteiger partial charge in [-0.15, -0.1) is 0 Å². The van der Waals surface area contributed by atoms with Crippen molar-refractivity contribution in [2.45, 2.75) is 25.9 Å². The van der Waals surface area contributed by atoms with Crippen molar-refractivity contribution in [1.29, 1.82) is 0 Å². The second-order valence-corrected chi connectivity index (χ2v) is 8.19. The van der Waals surface area contributed by atoms with Crippen LogP contribution in [0.4, 0.5) is 0 Å². The summed E-state index contributed by atoms with van der Waals surface area (Å²) in [5, 5.41) is 3.03. The highest BCUT2D eigenvalue weighted by Gasteiger charge is 2.23. The number of carbonyl (C=O) groups excluding carboxylic acids is 2. The smallest absolute Gasteiger partial charge is 0.242 e. The number of fused-ring (bicyclic) bond motifs is 1. The van der Waals surface area contributed by atoms with Gasteiger partial charge in [-0.1, -0.05) is 18.2 Å². The van der Waals surface area contributed by atoms with Gasteiger partial charge < -0.3 is 29.0 Å². The minimum absolute atomic E-state index is 0.0107. The normalized spacial score (nSPS) is 14.6. The lowest BCUT2D eigenvalue weighted by Gasteiger charge is -2.27. The van der Waals surface area contributed by atoms with E-state index in [1.165, 1.54) is 0 Å². The van der Waals surface area contributed by atoms with Gasteiger partial charge in [-0.3, -0.25) is 9.59 Å². The predicted molar refractivity (Wildman–Crippen MR) is 127 cm³/mol. The van der Waals surface area contributed by atoms with Crippen molar-refractivity contribution in [3.63, 3.8) is 0 Å². The highest BCUT2D eigenvalue weighted by molar-refractivity contribution is 5.82. The summed E-state index contributed by atoms with van der Waals surface area (Å²) in [5.74, 6) is 1.68. The van der Waals surface area contributed by atoms with E-state index in [2.05, 4.69) is 5.32 Å². The molecule has 0 saturated carbocycles. The molecule has 0 bridgehead atoms. The third kappa shape index (κ3) is 5.14. The van der Waals surface area contributed by atoms with Crippen molar-refractivity contribution >= 4 is 22.8 Å². The van der Waals surface area contributed by atoms with Gasteiger partial charge in [0.05, 0.1) is 50.9 Å². The second kappa shape index (κ2) is 10.6. The molecule has 1 atom stereocenters. The molecule has 1 N–H and O–H groups in total. The van der Waals surface area contributed by atoms with Crippen LogP contribution in [0.3, 0.4) is 0 Å². The molecule has 1 unspecified atom stereocenters. The lowest BCUT2D eigenvalue weighted by Crippen LogP contribution is -2.42. The number of morpholine rings is 1. The zero-order valence-electron chi connectivity index (χ0n) is 19.7. The Morgan fingerprint density at radius 3 is 2.56 bits per heavy atom. The number of amides is 2. The van der Waals surface area contributed by atoms with Gasteiger partial charge in [-0.05, 0) is 36.8 Å². The number of hydrogen-bond donors (Lipinski definition) is 1. The van der Waals surface area contributed by atoms with Gasteiger partial charge in [0.15, 0.2) is 11.5 Å². The van der Waals surface area contributed by atoms with Crippen LogP contribution in [0, 0.1) is 0 Å². The molecule has 9 heteroatoms. The number of nitrogens with one attached hydrogen (secondary N) is 1. The summed E-state index contributed by atoms with van der Waals surface area (Å²) in [6, 6.07) is 12.7. The number of hydrogen-bond acceptors (Lipinski definition) is 6. The molecular formula is C25H30N4O5. The predicted octanol–water partition coefficient (Wildman–Crippen LogP) is 2.33. The number of para-hydroxylation sites is 2. The number of ether oxygens (including phenoxy) is 3. The monoisotopic (exact) mass is 466 g/mol. The van der Waals surface area contributed by atoms with Crippen LogP contribution in [-0.2, 0) is 27.3 Å². The molecule has 0 spiro atoms. The molecule has 9 nitrogen and oxygen atoms in total. The highest BCUT2D eigenvalue weighted by Crippen LogP contribution is 2.28. The molecule has 1 aliphatic rings. The first kappa shape index (κ1) is 23.6. The van der Waals surface area contributed by atoms with E-state index in [0.29, 0.717) is 43.6 Å². The fraction of sp³-hybridized carbons (Fsp3) is 0.400. The third-order valence-corrected chi connectivity index (χ3v) is 5.92. The number of imidazole rings is 1.